The van der Waals surface area contributed by atoms with E-state index in [2.05, 4.69) is 34.4 Å². The van der Waals surface area contributed by atoms with Crippen molar-refractivity contribution in [1.82, 2.24) is 14.9 Å². The van der Waals surface area contributed by atoms with Crippen molar-refractivity contribution in [3.63, 3.8) is 0 Å². The van der Waals surface area contributed by atoms with E-state index >= 15 is 0 Å². The van der Waals surface area contributed by atoms with Gasteiger partial charge in [0.25, 0.3) is 0 Å². The van der Waals surface area contributed by atoms with Gasteiger partial charge in [-0.25, -0.2) is 9.97 Å². The summed E-state index contributed by atoms with van der Waals surface area (Å²) in [7, 11) is 3.49. The molecule has 21 heavy (non-hydrogen) atoms. The van der Waals surface area contributed by atoms with Gasteiger partial charge in [-0.3, -0.25) is 4.79 Å². The third kappa shape index (κ3) is 5.21. The maximum Gasteiger partial charge on any atom is 0.241 e. The maximum atomic E-state index is 11.7. The van der Waals surface area contributed by atoms with Crippen LogP contribution >= 0.6 is 0 Å². The molecule has 1 aromatic rings. The first-order valence-corrected chi connectivity index (χ1v) is 7.55. The molecule has 0 fully saturated rings. The zero-order valence-corrected chi connectivity index (χ0v) is 13.8. The van der Waals surface area contributed by atoms with Crippen molar-refractivity contribution in [2.24, 2.45) is 0 Å². The Labute approximate surface area is 127 Å². The normalized spacial score (nSPS) is 10.3. The molecule has 0 bridgehead atoms. The molecule has 0 aromatic carbocycles. The highest BCUT2D eigenvalue weighted by Crippen LogP contribution is 2.20. The number of carbonyl (C=O) groups is 1. The van der Waals surface area contributed by atoms with Gasteiger partial charge in [-0.2, -0.15) is 0 Å². The molecule has 0 saturated heterocycles. The Kier molecular flexibility index (Phi) is 6.91. The molecular weight excluding hydrogens is 266 g/mol. The minimum atomic E-state index is 0.0214. The molecule has 1 aromatic heterocycles. The summed E-state index contributed by atoms with van der Waals surface area (Å²) in [4.78, 5) is 22.4. The number of nitrogens with zero attached hydrogens (tertiary/aromatic N) is 3. The third-order valence-electron chi connectivity index (χ3n) is 3.11. The lowest BCUT2D eigenvalue weighted by molar-refractivity contribution is -0.126. The van der Waals surface area contributed by atoms with Crippen LogP contribution in [0, 0.1) is 6.92 Å². The van der Waals surface area contributed by atoms with Gasteiger partial charge in [-0.05, 0) is 19.8 Å². The summed E-state index contributed by atoms with van der Waals surface area (Å²) in [6, 6.07) is 0. The van der Waals surface area contributed by atoms with Crippen molar-refractivity contribution < 1.29 is 4.79 Å². The smallest absolute Gasteiger partial charge is 0.241 e. The minimum Gasteiger partial charge on any atom is -0.370 e. The Morgan fingerprint density at radius 1 is 1.10 bits per heavy atom. The number of likely N-dealkylation sites (N-methyl/N-ethyl adjacent to an activating group) is 1. The number of anilines is 2. The maximum absolute atomic E-state index is 11.7. The molecule has 6 heteroatoms. The number of aryl methyl sites for hydroxylation is 1. The molecule has 6 nitrogen and oxygen atoms in total. The predicted octanol–water partition coefficient (Wildman–Crippen LogP) is 2.06. The molecule has 0 aliphatic rings. The van der Waals surface area contributed by atoms with E-state index < -0.39 is 0 Å². The van der Waals surface area contributed by atoms with Crippen LogP contribution in [-0.4, -0.2) is 48.0 Å². The predicted molar refractivity (Wildman–Crippen MR) is 86.7 cm³/mol. The Morgan fingerprint density at radius 2 is 1.71 bits per heavy atom. The van der Waals surface area contributed by atoms with Gasteiger partial charge in [-0.1, -0.05) is 13.8 Å². The third-order valence-corrected chi connectivity index (χ3v) is 3.11. The Balaban J connectivity index is 2.93. The van der Waals surface area contributed by atoms with Crippen molar-refractivity contribution >= 4 is 17.5 Å². The monoisotopic (exact) mass is 293 g/mol. The number of hydrogen-bond donors (Lipinski definition) is 2. The van der Waals surface area contributed by atoms with E-state index in [9.17, 15) is 4.79 Å². The average Bonchev–Trinajstić information content (AvgIpc) is 2.45. The number of aromatic nitrogens is 2. The lowest BCUT2D eigenvalue weighted by Crippen LogP contribution is -2.29. The molecule has 0 saturated carbocycles. The van der Waals surface area contributed by atoms with E-state index in [0.717, 1.165) is 48.8 Å². The molecule has 0 aliphatic heterocycles. The Bertz CT molecular complexity index is 473. The zero-order valence-electron chi connectivity index (χ0n) is 13.8. The zero-order chi connectivity index (χ0) is 15.8. The summed E-state index contributed by atoms with van der Waals surface area (Å²) in [5, 5.41) is 6.45. The van der Waals surface area contributed by atoms with E-state index in [1.807, 2.05) is 6.92 Å². The van der Waals surface area contributed by atoms with E-state index in [1.165, 1.54) is 0 Å². The molecule has 2 N–H and O–H groups in total. The van der Waals surface area contributed by atoms with Crippen molar-refractivity contribution in [3.05, 3.63) is 11.4 Å². The van der Waals surface area contributed by atoms with Crippen LogP contribution in [0.5, 0.6) is 0 Å². The fourth-order valence-corrected chi connectivity index (χ4v) is 1.80. The van der Waals surface area contributed by atoms with Crippen molar-refractivity contribution in [2.75, 3.05) is 37.8 Å². The Hall–Kier alpha value is -1.85. The van der Waals surface area contributed by atoms with Gasteiger partial charge in [0.2, 0.25) is 5.91 Å². The highest BCUT2D eigenvalue weighted by molar-refractivity contribution is 5.80. The summed E-state index contributed by atoms with van der Waals surface area (Å²) in [6.07, 6.45) is 2.86. The van der Waals surface area contributed by atoms with Gasteiger partial charge >= 0.3 is 0 Å². The summed E-state index contributed by atoms with van der Waals surface area (Å²) in [5.41, 5.74) is 0.954. The van der Waals surface area contributed by atoms with E-state index in [1.54, 1.807) is 19.0 Å². The molecule has 118 valence electrons. The number of carbonyl (C=O) groups excluding carboxylic acids is 1. The average molecular weight is 293 g/mol. The lowest BCUT2D eigenvalue weighted by atomic mass is 10.2. The molecule has 0 aliphatic carbocycles. The first-order chi connectivity index (χ1) is 9.99. The molecule has 1 amide bonds. The van der Waals surface area contributed by atoms with Crippen molar-refractivity contribution in [1.29, 1.82) is 0 Å². The summed E-state index contributed by atoms with van der Waals surface area (Å²) >= 11 is 0. The lowest BCUT2D eigenvalue weighted by Gasteiger charge is -2.16. The molecule has 0 atom stereocenters. The van der Waals surface area contributed by atoms with E-state index in [4.69, 9.17) is 0 Å². The van der Waals surface area contributed by atoms with Gasteiger partial charge in [0.15, 0.2) is 0 Å². The first-order valence-electron chi connectivity index (χ1n) is 7.55. The summed E-state index contributed by atoms with van der Waals surface area (Å²) in [5.74, 6) is 2.42. The van der Waals surface area contributed by atoms with Crippen LogP contribution in [0.2, 0.25) is 0 Å². The molecule has 1 heterocycles. The number of nitrogens with one attached hydrogen (secondary N) is 2. The first kappa shape index (κ1) is 17.2. The SMILES string of the molecule is CCCNc1nc(CCC)nc(NCC(=O)N(C)C)c1C. The van der Waals surface area contributed by atoms with Gasteiger partial charge in [-0.15, -0.1) is 0 Å². The standard InChI is InChI=1S/C15H27N5O/c1-6-8-12-18-14(16-9-7-2)11(3)15(19-12)17-10-13(21)20(4)5/h6-10H2,1-5H3,(H2,16,17,18,19). The highest BCUT2D eigenvalue weighted by Gasteiger charge is 2.12. The van der Waals surface area contributed by atoms with Gasteiger partial charge in [0.1, 0.15) is 17.5 Å². The van der Waals surface area contributed by atoms with Gasteiger partial charge in [0, 0.05) is 32.6 Å². The van der Waals surface area contributed by atoms with Crippen LogP contribution in [0.15, 0.2) is 0 Å². The molecule has 0 unspecified atom stereocenters. The molecule has 1 rings (SSSR count). The summed E-state index contributed by atoms with van der Waals surface area (Å²) < 4.78 is 0. The minimum absolute atomic E-state index is 0.0214. The fourth-order valence-electron chi connectivity index (χ4n) is 1.80. The quantitative estimate of drug-likeness (QED) is 0.768. The second-order valence-corrected chi connectivity index (χ2v) is 5.28. The van der Waals surface area contributed by atoms with Crippen molar-refractivity contribution in [2.45, 2.75) is 40.0 Å². The van der Waals surface area contributed by atoms with Crippen LogP contribution in [0.3, 0.4) is 0 Å². The van der Waals surface area contributed by atoms with Gasteiger partial charge < -0.3 is 15.5 Å². The van der Waals surface area contributed by atoms with Crippen LogP contribution in [0.25, 0.3) is 0 Å². The number of rotatable bonds is 8. The second kappa shape index (κ2) is 8.44. The van der Waals surface area contributed by atoms with Crippen LogP contribution in [0.4, 0.5) is 11.6 Å². The fraction of sp³-hybridized carbons (Fsp3) is 0.667. The summed E-state index contributed by atoms with van der Waals surface area (Å²) in [6.45, 7) is 7.30. The van der Waals surface area contributed by atoms with Crippen LogP contribution < -0.4 is 10.6 Å². The molecule has 0 spiro atoms. The Morgan fingerprint density at radius 3 is 2.24 bits per heavy atom. The van der Waals surface area contributed by atoms with Crippen LogP contribution in [0.1, 0.15) is 38.1 Å². The van der Waals surface area contributed by atoms with Crippen LogP contribution in [-0.2, 0) is 11.2 Å². The van der Waals surface area contributed by atoms with Crippen molar-refractivity contribution in [3.8, 4) is 0 Å². The number of amides is 1. The molecule has 0 radical (unpaired) electrons. The van der Waals surface area contributed by atoms with E-state index in [-0.39, 0.29) is 12.5 Å². The molecular formula is C15H27N5O. The highest BCUT2D eigenvalue weighted by atomic mass is 16.2. The largest absolute Gasteiger partial charge is 0.370 e. The topological polar surface area (TPSA) is 70.1 Å². The second-order valence-electron chi connectivity index (χ2n) is 5.28. The van der Waals surface area contributed by atoms with E-state index in [0.29, 0.717) is 0 Å². The number of hydrogen-bond acceptors (Lipinski definition) is 5. The van der Waals surface area contributed by atoms with Gasteiger partial charge in [0.05, 0.1) is 6.54 Å².